The maximum Gasteiger partial charge on any atom is 0.237 e. The number of benzene rings is 2. The van der Waals surface area contributed by atoms with Gasteiger partial charge in [0.25, 0.3) is 0 Å². The molecule has 0 aliphatic heterocycles. The predicted molar refractivity (Wildman–Crippen MR) is 118 cm³/mol. The molecule has 0 bridgehead atoms. The van der Waals surface area contributed by atoms with Gasteiger partial charge in [0.2, 0.25) is 5.91 Å². The Morgan fingerprint density at radius 3 is 2.61 bits per heavy atom. The summed E-state index contributed by atoms with van der Waals surface area (Å²) in [7, 11) is 1.60. The van der Waals surface area contributed by atoms with Crippen LogP contribution in [0.25, 0.3) is 0 Å². The Balaban J connectivity index is 1.69. The summed E-state index contributed by atoms with van der Waals surface area (Å²) in [4.78, 5) is 12.5. The second-order valence-corrected chi connectivity index (χ2v) is 8.09. The number of carbonyl (C=O) groups excluding carboxylic acids is 1. The summed E-state index contributed by atoms with van der Waals surface area (Å²) >= 11 is 1.28. The van der Waals surface area contributed by atoms with Crippen molar-refractivity contribution in [1.29, 1.82) is 0 Å². The Morgan fingerprint density at radius 1 is 1.16 bits per heavy atom. The Labute approximate surface area is 185 Å². The highest BCUT2D eigenvalue weighted by molar-refractivity contribution is 8.00. The van der Waals surface area contributed by atoms with Gasteiger partial charge < -0.3 is 19.4 Å². The van der Waals surface area contributed by atoms with E-state index in [2.05, 4.69) is 15.5 Å². The number of halogens is 1. The molecule has 7 nitrogen and oxygen atoms in total. The minimum Gasteiger partial charge on any atom is -0.497 e. The van der Waals surface area contributed by atoms with Gasteiger partial charge in [-0.1, -0.05) is 23.9 Å². The summed E-state index contributed by atoms with van der Waals surface area (Å²) in [5, 5.41) is 11.4. The third-order valence-corrected chi connectivity index (χ3v) is 5.60. The molecule has 164 valence electrons. The first-order valence-corrected chi connectivity index (χ1v) is 10.8. The van der Waals surface area contributed by atoms with Crippen molar-refractivity contribution in [3.05, 3.63) is 60.2 Å². The smallest absolute Gasteiger partial charge is 0.237 e. The van der Waals surface area contributed by atoms with Crippen molar-refractivity contribution in [3.63, 3.8) is 0 Å². The summed E-state index contributed by atoms with van der Waals surface area (Å²) in [6, 6.07) is 13.1. The standard InChI is InChI=1S/C22H25FN4O3S/c1-5-27-20(14(2)30-19-11-7-10-18(13-19)29-4)25-26-22(27)31-15(3)21(28)24-17-9-6-8-16(23)12-17/h6-15H,5H2,1-4H3,(H,24,28). The predicted octanol–water partition coefficient (Wildman–Crippen LogP) is 4.71. The van der Waals surface area contributed by atoms with Gasteiger partial charge in [-0.3, -0.25) is 4.79 Å². The molecule has 2 unspecified atom stereocenters. The van der Waals surface area contributed by atoms with E-state index in [1.54, 1.807) is 32.2 Å². The van der Waals surface area contributed by atoms with E-state index in [-0.39, 0.29) is 12.0 Å². The van der Waals surface area contributed by atoms with Crippen molar-refractivity contribution in [2.75, 3.05) is 12.4 Å². The molecule has 1 N–H and O–H groups in total. The zero-order valence-electron chi connectivity index (χ0n) is 17.8. The van der Waals surface area contributed by atoms with Crippen LogP contribution in [0.3, 0.4) is 0 Å². The summed E-state index contributed by atoms with van der Waals surface area (Å²) in [6.45, 7) is 6.26. The first-order chi connectivity index (χ1) is 14.9. The number of anilines is 1. The second kappa shape index (κ2) is 10.3. The van der Waals surface area contributed by atoms with Crippen molar-refractivity contribution in [3.8, 4) is 11.5 Å². The Hall–Kier alpha value is -3.07. The van der Waals surface area contributed by atoms with Crippen LogP contribution in [-0.4, -0.2) is 33.0 Å². The second-order valence-electron chi connectivity index (χ2n) is 6.78. The molecule has 0 saturated carbocycles. The summed E-state index contributed by atoms with van der Waals surface area (Å²) in [5.74, 6) is 1.37. The van der Waals surface area contributed by atoms with Gasteiger partial charge in [-0.05, 0) is 51.1 Å². The third kappa shape index (κ3) is 5.75. The SMILES string of the molecule is CCn1c(SC(C)C(=O)Nc2cccc(F)c2)nnc1C(C)Oc1cccc(OC)c1. The first-order valence-electron chi connectivity index (χ1n) is 9.88. The van der Waals surface area contributed by atoms with E-state index in [0.717, 1.165) is 0 Å². The van der Waals surface area contributed by atoms with E-state index in [9.17, 15) is 9.18 Å². The van der Waals surface area contributed by atoms with Gasteiger partial charge in [0, 0.05) is 18.3 Å². The largest absolute Gasteiger partial charge is 0.497 e. The van der Waals surface area contributed by atoms with Crippen molar-refractivity contribution < 1.29 is 18.7 Å². The molecule has 0 saturated heterocycles. The lowest BCUT2D eigenvalue weighted by molar-refractivity contribution is -0.115. The number of carbonyl (C=O) groups is 1. The topological polar surface area (TPSA) is 78.3 Å². The normalized spacial score (nSPS) is 12.8. The molecule has 1 aromatic heterocycles. The van der Waals surface area contributed by atoms with Crippen LogP contribution < -0.4 is 14.8 Å². The maximum atomic E-state index is 13.3. The number of thioether (sulfide) groups is 1. The first kappa shape index (κ1) is 22.6. The molecule has 9 heteroatoms. The summed E-state index contributed by atoms with van der Waals surface area (Å²) in [6.07, 6.45) is -0.356. The molecule has 1 heterocycles. The quantitative estimate of drug-likeness (QED) is 0.482. The average Bonchev–Trinajstić information content (AvgIpc) is 3.16. The molecule has 2 aromatic carbocycles. The van der Waals surface area contributed by atoms with Crippen molar-refractivity contribution in [2.24, 2.45) is 0 Å². The lowest BCUT2D eigenvalue weighted by atomic mass is 10.3. The van der Waals surface area contributed by atoms with Crippen LogP contribution in [0.1, 0.15) is 32.7 Å². The van der Waals surface area contributed by atoms with Crippen LogP contribution in [0, 0.1) is 5.82 Å². The van der Waals surface area contributed by atoms with Crippen molar-refractivity contribution >= 4 is 23.4 Å². The van der Waals surface area contributed by atoms with Gasteiger partial charge >= 0.3 is 0 Å². The molecule has 31 heavy (non-hydrogen) atoms. The van der Waals surface area contributed by atoms with Crippen LogP contribution in [0.15, 0.2) is 53.7 Å². The number of nitrogens with zero attached hydrogens (tertiary/aromatic N) is 3. The molecular formula is C22H25FN4O3S. The van der Waals surface area contributed by atoms with Gasteiger partial charge in [-0.25, -0.2) is 4.39 Å². The molecule has 1 amide bonds. The van der Waals surface area contributed by atoms with Gasteiger partial charge in [0.05, 0.1) is 12.4 Å². The minimum absolute atomic E-state index is 0.247. The fourth-order valence-electron chi connectivity index (χ4n) is 2.94. The van der Waals surface area contributed by atoms with E-state index >= 15 is 0 Å². The van der Waals surface area contributed by atoms with Crippen LogP contribution in [0.4, 0.5) is 10.1 Å². The average molecular weight is 445 g/mol. The molecule has 0 aliphatic rings. The van der Waals surface area contributed by atoms with Crippen molar-refractivity contribution in [1.82, 2.24) is 14.8 Å². The van der Waals surface area contributed by atoms with Crippen molar-refractivity contribution in [2.45, 2.75) is 43.8 Å². The third-order valence-electron chi connectivity index (χ3n) is 4.52. The van der Waals surface area contributed by atoms with Crippen LogP contribution in [0.2, 0.25) is 0 Å². The number of ether oxygens (including phenoxy) is 2. The highest BCUT2D eigenvalue weighted by atomic mass is 32.2. The van der Waals surface area contributed by atoms with Gasteiger partial charge in [0.15, 0.2) is 17.1 Å². The molecule has 3 rings (SSSR count). The number of methoxy groups -OCH3 is 1. The lowest BCUT2D eigenvalue weighted by Gasteiger charge is -2.17. The molecule has 3 aromatic rings. The summed E-state index contributed by atoms with van der Waals surface area (Å²) in [5.41, 5.74) is 0.412. The minimum atomic E-state index is -0.458. The fourth-order valence-corrected chi connectivity index (χ4v) is 3.86. The number of aromatic nitrogens is 3. The number of nitrogens with one attached hydrogen (secondary N) is 1. The highest BCUT2D eigenvalue weighted by Crippen LogP contribution is 2.28. The zero-order chi connectivity index (χ0) is 22.4. The Kier molecular flexibility index (Phi) is 7.51. The van der Waals surface area contributed by atoms with Crippen LogP contribution in [-0.2, 0) is 11.3 Å². The monoisotopic (exact) mass is 444 g/mol. The number of amides is 1. The molecule has 0 fully saturated rings. The van der Waals surface area contributed by atoms with E-state index in [0.29, 0.717) is 34.7 Å². The number of hydrogen-bond acceptors (Lipinski definition) is 6. The van der Waals surface area contributed by atoms with Gasteiger partial charge in [-0.15, -0.1) is 10.2 Å². The van der Waals surface area contributed by atoms with Gasteiger partial charge in [0.1, 0.15) is 17.3 Å². The molecule has 2 atom stereocenters. The molecule has 0 radical (unpaired) electrons. The number of rotatable bonds is 9. The lowest BCUT2D eigenvalue weighted by Crippen LogP contribution is -2.23. The highest BCUT2D eigenvalue weighted by Gasteiger charge is 2.23. The van der Waals surface area contributed by atoms with Crippen LogP contribution >= 0.6 is 11.8 Å². The van der Waals surface area contributed by atoms with E-state index in [1.165, 1.54) is 23.9 Å². The fraction of sp³-hybridized carbons (Fsp3) is 0.318. The Morgan fingerprint density at radius 2 is 1.90 bits per heavy atom. The van der Waals surface area contributed by atoms with E-state index < -0.39 is 11.1 Å². The molecular weight excluding hydrogens is 419 g/mol. The van der Waals surface area contributed by atoms with Gasteiger partial charge in [-0.2, -0.15) is 0 Å². The number of hydrogen-bond donors (Lipinski definition) is 1. The molecule has 0 spiro atoms. The molecule has 0 aliphatic carbocycles. The zero-order valence-corrected chi connectivity index (χ0v) is 18.6. The maximum absolute atomic E-state index is 13.3. The van der Waals surface area contributed by atoms with Crippen LogP contribution in [0.5, 0.6) is 11.5 Å². The van der Waals surface area contributed by atoms with E-state index in [1.807, 2.05) is 36.6 Å². The summed E-state index contributed by atoms with van der Waals surface area (Å²) < 4.78 is 26.5. The van der Waals surface area contributed by atoms with E-state index in [4.69, 9.17) is 9.47 Å². The Bertz CT molecular complexity index is 1040.